The van der Waals surface area contributed by atoms with Crippen LogP contribution < -0.4 is 16.0 Å². The van der Waals surface area contributed by atoms with E-state index in [4.69, 9.17) is 23.8 Å². The van der Waals surface area contributed by atoms with E-state index >= 15 is 0 Å². The molecule has 0 aliphatic heterocycles. The zero-order valence-electron chi connectivity index (χ0n) is 16.6. The molecule has 154 valence electrons. The van der Waals surface area contributed by atoms with Crippen molar-refractivity contribution < 1.29 is 4.79 Å². The third-order valence-electron chi connectivity index (χ3n) is 4.62. The molecule has 31 heavy (non-hydrogen) atoms. The Labute approximate surface area is 190 Å². The summed E-state index contributed by atoms with van der Waals surface area (Å²) in [7, 11) is 0. The Balaban J connectivity index is 1.53. The maximum atomic E-state index is 11.1. The molecule has 0 unspecified atom stereocenters. The predicted octanol–water partition coefficient (Wildman–Crippen LogP) is 6.32. The van der Waals surface area contributed by atoms with Gasteiger partial charge in [-0.2, -0.15) is 0 Å². The third kappa shape index (κ3) is 4.99. The first-order valence-electron chi connectivity index (χ1n) is 9.59. The molecular formula is C24H19ClN4OS. The SMILES string of the molecule is CC(=O)Nc1ccc(NC(=S)Nc2ccc(Cl)c(-c3nccc4ccccc34)c2)cc1. The summed E-state index contributed by atoms with van der Waals surface area (Å²) in [5.74, 6) is -0.114. The second-order valence-electron chi connectivity index (χ2n) is 6.91. The topological polar surface area (TPSA) is 66.1 Å². The zero-order chi connectivity index (χ0) is 21.8. The molecule has 1 heterocycles. The van der Waals surface area contributed by atoms with Crippen molar-refractivity contribution in [1.29, 1.82) is 0 Å². The van der Waals surface area contributed by atoms with Crippen LogP contribution in [0.2, 0.25) is 5.02 Å². The normalized spacial score (nSPS) is 10.5. The van der Waals surface area contributed by atoms with E-state index in [1.807, 2.05) is 60.7 Å². The quantitative estimate of drug-likeness (QED) is 0.320. The highest BCUT2D eigenvalue weighted by atomic mass is 35.5. The highest BCUT2D eigenvalue weighted by Crippen LogP contribution is 2.33. The lowest BCUT2D eigenvalue weighted by molar-refractivity contribution is -0.114. The maximum Gasteiger partial charge on any atom is 0.221 e. The summed E-state index contributed by atoms with van der Waals surface area (Å²) in [4.78, 5) is 15.7. The highest BCUT2D eigenvalue weighted by molar-refractivity contribution is 7.80. The largest absolute Gasteiger partial charge is 0.332 e. The molecule has 0 radical (unpaired) electrons. The van der Waals surface area contributed by atoms with Crippen LogP contribution >= 0.6 is 23.8 Å². The summed E-state index contributed by atoms with van der Waals surface area (Å²) in [5.41, 5.74) is 3.96. The Kier molecular flexibility index (Phi) is 6.11. The van der Waals surface area contributed by atoms with Gasteiger partial charge in [-0.3, -0.25) is 9.78 Å². The average Bonchev–Trinajstić information content (AvgIpc) is 2.76. The molecule has 1 aromatic heterocycles. The molecule has 0 aliphatic carbocycles. The van der Waals surface area contributed by atoms with Crippen LogP contribution in [0.3, 0.4) is 0 Å². The van der Waals surface area contributed by atoms with Crippen LogP contribution in [0.5, 0.6) is 0 Å². The van der Waals surface area contributed by atoms with Crippen LogP contribution in [0.25, 0.3) is 22.0 Å². The lowest BCUT2D eigenvalue weighted by atomic mass is 10.0. The van der Waals surface area contributed by atoms with Crippen molar-refractivity contribution >= 4 is 62.7 Å². The summed E-state index contributed by atoms with van der Waals surface area (Å²) >= 11 is 12.0. The van der Waals surface area contributed by atoms with E-state index in [9.17, 15) is 4.79 Å². The van der Waals surface area contributed by atoms with Gasteiger partial charge in [-0.25, -0.2) is 0 Å². The molecule has 3 aromatic carbocycles. The van der Waals surface area contributed by atoms with Crippen molar-refractivity contribution in [3.63, 3.8) is 0 Å². The molecule has 0 saturated carbocycles. The molecule has 5 nitrogen and oxygen atoms in total. The van der Waals surface area contributed by atoms with Gasteiger partial charge < -0.3 is 16.0 Å². The third-order valence-corrected chi connectivity index (χ3v) is 5.15. The first-order valence-corrected chi connectivity index (χ1v) is 10.4. The number of hydrogen-bond donors (Lipinski definition) is 3. The van der Waals surface area contributed by atoms with Gasteiger partial charge in [0.1, 0.15) is 0 Å². The fourth-order valence-electron chi connectivity index (χ4n) is 3.25. The van der Waals surface area contributed by atoms with Gasteiger partial charge in [-0.05, 0) is 66.1 Å². The molecule has 4 aromatic rings. The molecule has 0 bridgehead atoms. The van der Waals surface area contributed by atoms with Gasteiger partial charge in [-0.15, -0.1) is 0 Å². The molecule has 0 saturated heterocycles. The number of hydrogen-bond acceptors (Lipinski definition) is 3. The second kappa shape index (κ2) is 9.12. The molecule has 4 rings (SSSR count). The summed E-state index contributed by atoms with van der Waals surface area (Å²) < 4.78 is 0. The summed E-state index contributed by atoms with van der Waals surface area (Å²) in [6, 6.07) is 23.0. The van der Waals surface area contributed by atoms with Gasteiger partial charge in [-0.1, -0.05) is 35.9 Å². The fourth-order valence-corrected chi connectivity index (χ4v) is 3.70. The number of aromatic nitrogens is 1. The van der Waals surface area contributed by atoms with Gasteiger partial charge in [0.15, 0.2) is 5.11 Å². The minimum absolute atomic E-state index is 0.114. The van der Waals surface area contributed by atoms with E-state index < -0.39 is 0 Å². The standard InChI is InChI=1S/C24H19ClN4OS/c1-15(30)27-17-6-8-18(9-7-17)28-24(31)29-19-10-11-22(25)21(14-19)23-20-5-3-2-4-16(20)12-13-26-23/h2-14H,1H3,(H,27,30)(H2,28,29,31). The van der Waals surface area contributed by atoms with Crippen molar-refractivity contribution in [2.75, 3.05) is 16.0 Å². The maximum absolute atomic E-state index is 11.1. The van der Waals surface area contributed by atoms with Crippen molar-refractivity contribution in [3.8, 4) is 11.3 Å². The highest BCUT2D eigenvalue weighted by Gasteiger charge is 2.11. The lowest BCUT2D eigenvalue weighted by Crippen LogP contribution is -2.19. The average molecular weight is 447 g/mol. The minimum Gasteiger partial charge on any atom is -0.332 e. The minimum atomic E-state index is -0.114. The first-order chi connectivity index (χ1) is 15.0. The van der Waals surface area contributed by atoms with Gasteiger partial charge in [0.05, 0.1) is 10.7 Å². The number of carbonyl (C=O) groups is 1. The number of pyridine rings is 1. The molecule has 0 atom stereocenters. The summed E-state index contributed by atoms with van der Waals surface area (Å²) in [5, 5.41) is 12.2. The predicted molar refractivity (Wildman–Crippen MR) is 133 cm³/mol. The molecule has 0 aliphatic rings. The van der Waals surface area contributed by atoms with E-state index in [2.05, 4.69) is 20.9 Å². The summed E-state index contributed by atoms with van der Waals surface area (Å²) in [6.07, 6.45) is 1.78. The molecular weight excluding hydrogens is 428 g/mol. The van der Waals surface area contributed by atoms with E-state index in [1.165, 1.54) is 6.92 Å². The number of benzene rings is 3. The number of thiocarbonyl (C=S) groups is 1. The Morgan fingerprint density at radius 2 is 1.52 bits per heavy atom. The van der Waals surface area contributed by atoms with Crippen LogP contribution in [-0.4, -0.2) is 16.0 Å². The number of nitrogens with zero attached hydrogens (tertiary/aromatic N) is 1. The van der Waals surface area contributed by atoms with Crippen molar-refractivity contribution in [2.24, 2.45) is 0 Å². The lowest BCUT2D eigenvalue weighted by Gasteiger charge is -2.13. The van der Waals surface area contributed by atoms with E-state index in [0.717, 1.165) is 39.1 Å². The number of amides is 1. The smallest absolute Gasteiger partial charge is 0.221 e. The van der Waals surface area contributed by atoms with Gasteiger partial charge in [0.2, 0.25) is 5.91 Å². The van der Waals surface area contributed by atoms with Crippen molar-refractivity contribution in [2.45, 2.75) is 6.92 Å². The molecule has 1 amide bonds. The molecule has 3 N–H and O–H groups in total. The van der Waals surface area contributed by atoms with E-state index in [-0.39, 0.29) is 5.91 Å². The van der Waals surface area contributed by atoms with E-state index in [1.54, 1.807) is 18.3 Å². The van der Waals surface area contributed by atoms with Gasteiger partial charge in [0.25, 0.3) is 0 Å². The number of halogens is 1. The Hall–Kier alpha value is -3.48. The number of fused-ring (bicyclic) bond motifs is 1. The Bertz CT molecular complexity index is 1270. The van der Waals surface area contributed by atoms with Crippen LogP contribution in [0, 0.1) is 0 Å². The zero-order valence-corrected chi connectivity index (χ0v) is 18.2. The summed E-state index contributed by atoms with van der Waals surface area (Å²) in [6.45, 7) is 1.47. The van der Waals surface area contributed by atoms with Crippen molar-refractivity contribution in [3.05, 3.63) is 84.0 Å². The number of nitrogens with one attached hydrogen (secondary N) is 3. The van der Waals surface area contributed by atoms with Crippen LogP contribution in [0.15, 0.2) is 79.0 Å². The molecule has 7 heteroatoms. The molecule has 0 fully saturated rings. The Morgan fingerprint density at radius 3 is 2.26 bits per heavy atom. The number of carbonyl (C=O) groups excluding carboxylic acids is 1. The Morgan fingerprint density at radius 1 is 0.871 bits per heavy atom. The fraction of sp³-hybridized carbons (Fsp3) is 0.0417. The van der Waals surface area contributed by atoms with Crippen LogP contribution in [0.4, 0.5) is 17.1 Å². The van der Waals surface area contributed by atoms with Crippen LogP contribution in [0.1, 0.15) is 6.92 Å². The first kappa shape index (κ1) is 20.8. The van der Waals surface area contributed by atoms with E-state index in [0.29, 0.717) is 10.1 Å². The second-order valence-corrected chi connectivity index (χ2v) is 7.73. The van der Waals surface area contributed by atoms with Crippen LogP contribution in [-0.2, 0) is 4.79 Å². The number of anilines is 3. The number of rotatable bonds is 4. The molecule has 0 spiro atoms. The van der Waals surface area contributed by atoms with Gasteiger partial charge in [0, 0.05) is 41.1 Å². The van der Waals surface area contributed by atoms with Gasteiger partial charge >= 0.3 is 0 Å². The monoisotopic (exact) mass is 446 g/mol. The van der Waals surface area contributed by atoms with Crippen molar-refractivity contribution in [1.82, 2.24) is 4.98 Å².